The van der Waals surface area contributed by atoms with Crippen LogP contribution in [0.2, 0.25) is 0 Å². The van der Waals surface area contributed by atoms with Crippen molar-refractivity contribution in [3.63, 3.8) is 0 Å². The van der Waals surface area contributed by atoms with Crippen molar-refractivity contribution in [2.24, 2.45) is 7.05 Å². The summed E-state index contributed by atoms with van der Waals surface area (Å²) < 4.78 is 1.62. The lowest BCUT2D eigenvalue weighted by Crippen LogP contribution is -2.15. The minimum absolute atomic E-state index is 0.0953. The van der Waals surface area contributed by atoms with Crippen LogP contribution in [0.25, 0.3) is 0 Å². The summed E-state index contributed by atoms with van der Waals surface area (Å²) in [6.07, 6.45) is 8.23. The molecule has 0 aliphatic rings. The lowest BCUT2D eigenvalue weighted by Gasteiger charge is -2.11. The van der Waals surface area contributed by atoms with Crippen molar-refractivity contribution < 1.29 is 0 Å². The third kappa shape index (κ3) is 3.84. The van der Waals surface area contributed by atoms with Crippen LogP contribution >= 0.6 is 0 Å². The lowest BCUT2D eigenvalue weighted by atomic mass is 9.96. The number of pyridine rings is 1. The second kappa shape index (κ2) is 6.51. The van der Waals surface area contributed by atoms with Crippen molar-refractivity contribution in [3.8, 4) is 0 Å². The molecule has 2 heteroatoms. The Morgan fingerprint density at radius 2 is 2.06 bits per heavy atom. The van der Waals surface area contributed by atoms with E-state index in [1.165, 1.54) is 37.7 Å². The van der Waals surface area contributed by atoms with Crippen molar-refractivity contribution in [2.75, 3.05) is 0 Å². The molecule has 0 radical (unpaired) electrons. The molecule has 2 nitrogen and oxygen atoms in total. The van der Waals surface area contributed by atoms with Crippen molar-refractivity contribution in [1.82, 2.24) is 4.57 Å². The van der Waals surface area contributed by atoms with Crippen LogP contribution in [0.1, 0.15) is 57.4 Å². The fourth-order valence-electron chi connectivity index (χ4n) is 1.91. The molecule has 0 aliphatic heterocycles. The van der Waals surface area contributed by atoms with Gasteiger partial charge in [0.1, 0.15) is 0 Å². The molecule has 1 rings (SSSR count). The summed E-state index contributed by atoms with van der Waals surface area (Å²) in [7, 11) is 1.79. The number of hydrogen-bond donors (Lipinski definition) is 0. The van der Waals surface area contributed by atoms with Crippen LogP contribution in [0.4, 0.5) is 0 Å². The highest BCUT2D eigenvalue weighted by Crippen LogP contribution is 2.20. The Labute approximate surface area is 98.3 Å². The van der Waals surface area contributed by atoms with Crippen LogP contribution in [-0.4, -0.2) is 4.57 Å². The molecule has 0 bridgehead atoms. The van der Waals surface area contributed by atoms with Crippen LogP contribution in [-0.2, 0) is 7.05 Å². The number of nitrogens with zero attached hydrogens (tertiary/aromatic N) is 1. The van der Waals surface area contributed by atoms with E-state index in [1.54, 1.807) is 17.7 Å². The SMILES string of the molecule is CCCCCCC(C)c1ccn(C)c(=O)c1. The second-order valence-electron chi connectivity index (χ2n) is 4.66. The molecule has 0 spiro atoms. The van der Waals surface area contributed by atoms with E-state index in [4.69, 9.17) is 0 Å². The fourth-order valence-corrected chi connectivity index (χ4v) is 1.91. The first-order chi connectivity index (χ1) is 7.65. The van der Waals surface area contributed by atoms with Crippen molar-refractivity contribution in [3.05, 3.63) is 34.2 Å². The van der Waals surface area contributed by atoms with E-state index in [2.05, 4.69) is 19.9 Å². The average molecular weight is 221 g/mol. The molecule has 0 fully saturated rings. The van der Waals surface area contributed by atoms with Gasteiger partial charge in [0.15, 0.2) is 0 Å². The fraction of sp³-hybridized carbons (Fsp3) is 0.643. The van der Waals surface area contributed by atoms with Gasteiger partial charge in [0.2, 0.25) is 0 Å². The van der Waals surface area contributed by atoms with Gasteiger partial charge in [-0.05, 0) is 24.0 Å². The van der Waals surface area contributed by atoms with E-state index < -0.39 is 0 Å². The average Bonchev–Trinajstić information content (AvgIpc) is 2.28. The maximum atomic E-state index is 11.5. The number of unbranched alkanes of at least 4 members (excludes halogenated alkanes) is 3. The van der Waals surface area contributed by atoms with E-state index in [9.17, 15) is 4.79 Å². The van der Waals surface area contributed by atoms with E-state index in [0.717, 1.165) is 0 Å². The van der Waals surface area contributed by atoms with Gasteiger partial charge in [0, 0.05) is 19.3 Å². The van der Waals surface area contributed by atoms with Gasteiger partial charge in [-0.3, -0.25) is 4.79 Å². The minimum Gasteiger partial charge on any atom is -0.319 e. The maximum absolute atomic E-state index is 11.5. The van der Waals surface area contributed by atoms with Crippen LogP contribution in [0.5, 0.6) is 0 Å². The smallest absolute Gasteiger partial charge is 0.250 e. The van der Waals surface area contributed by atoms with Gasteiger partial charge < -0.3 is 4.57 Å². The van der Waals surface area contributed by atoms with Gasteiger partial charge in [0.05, 0.1) is 0 Å². The van der Waals surface area contributed by atoms with Crippen LogP contribution in [0.3, 0.4) is 0 Å². The van der Waals surface area contributed by atoms with Gasteiger partial charge in [-0.1, -0.05) is 39.5 Å². The Kier molecular flexibility index (Phi) is 5.30. The van der Waals surface area contributed by atoms with Gasteiger partial charge in [-0.25, -0.2) is 0 Å². The van der Waals surface area contributed by atoms with Gasteiger partial charge in [0.25, 0.3) is 5.56 Å². The molecule has 0 aromatic carbocycles. The van der Waals surface area contributed by atoms with Crippen molar-refractivity contribution in [2.45, 2.75) is 51.9 Å². The van der Waals surface area contributed by atoms with Crippen LogP contribution in [0, 0.1) is 0 Å². The number of rotatable bonds is 6. The maximum Gasteiger partial charge on any atom is 0.250 e. The molecular weight excluding hydrogens is 198 g/mol. The lowest BCUT2D eigenvalue weighted by molar-refractivity contribution is 0.578. The Balaban J connectivity index is 2.49. The van der Waals surface area contributed by atoms with Gasteiger partial charge in [-0.2, -0.15) is 0 Å². The molecule has 1 heterocycles. The normalized spacial score (nSPS) is 12.7. The molecule has 1 aromatic heterocycles. The molecule has 90 valence electrons. The molecule has 0 saturated heterocycles. The summed E-state index contributed by atoms with van der Waals surface area (Å²) in [6.45, 7) is 4.44. The monoisotopic (exact) mass is 221 g/mol. The molecule has 0 amide bonds. The molecular formula is C14H23NO. The number of aryl methyl sites for hydroxylation is 1. The van der Waals surface area contributed by atoms with Crippen molar-refractivity contribution in [1.29, 1.82) is 0 Å². The predicted octanol–water partition coefficient (Wildman–Crippen LogP) is 3.46. The highest BCUT2D eigenvalue weighted by atomic mass is 16.1. The molecule has 0 saturated carbocycles. The second-order valence-corrected chi connectivity index (χ2v) is 4.66. The molecule has 0 aliphatic carbocycles. The quantitative estimate of drug-likeness (QED) is 0.674. The molecule has 16 heavy (non-hydrogen) atoms. The largest absolute Gasteiger partial charge is 0.319 e. The zero-order valence-electron chi connectivity index (χ0n) is 10.7. The van der Waals surface area contributed by atoms with Gasteiger partial charge in [-0.15, -0.1) is 0 Å². The van der Waals surface area contributed by atoms with Gasteiger partial charge >= 0.3 is 0 Å². The highest BCUT2D eigenvalue weighted by Gasteiger charge is 2.06. The topological polar surface area (TPSA) is 22.0 Å². The Morgan fingerprint density at radius 3 is 2.69 bits per heavy atom. The molecule has 0 N–H and O–H groups in total. The zero-order chi connectivity index (χ0) is 12.0. The molecule has 1 unspecified atom stereocenters. The van der Waals surface area contributed by atoms with E-state index in [0.29, 0.717) is 5.92 Å². The number of aromatic nitrogens is 1. The predicted molar refractivity (Wildman–Crippen MR) is 68.9 cm³/mol. The summed E-state index contributed by atoms with van der Waals surface area (Å²) in [6, 6.07) is 3.83. The zero-order valence-corrected chi connectivity index (χ0v) is 10.7. The van der Waals surface area contributed by atoms with Crippen LogP contribution < -0.4 is 5.56 Å². The van der Waals surface area contributed by atoms with E-state index >= 15 is 0 Å². The Hall–Kier alpha value is -1.05. The first-order valence-electron chi connectivity index (χ1n) is 6.31. The minimum atomic E-state index is 0.0953. The summed E-state index contributed by atoms with van der Waals surface area (Å²) in [5.41, 5.74) is 1.28. The standard InChI is InChI=1S/C14H23NO/c1-4-5-6-7-8-12(2)13-9-10-15(3)14(16)11-13/h9-12H,4-8H2,1-3H3. The number of hydrogen-bond acceptors (Lipinski definition) is 1. The van der Waals surface area contributed by atoms with Crippen LogP contribution in [0.15, 0.2) is 23.1 Å². The Bertz CT molecular complexity index is 367. The summed E-state index contributed by atoms with van der Waals surface area (Å²) in [4.78, 5) is 11.5. The van der Waals surface area contributed by atoms with E-state index in [-0.39, 0.29) is 5.56 Å². The highest BCUT2D eigenvalue weighted by molar-refractivity contribution is 5.15. The third-order valence-electron chi connectivity index (χ3n) is 3.19. The summed E-state index contributed by atoms with van der Waals surface area (Å²) in [5.74, 6) is 0.505. The van der Waals surface area contributed by atoms with E-state index in [1.807, 2.05) is 6.20 Å². The summed E-state index contributed by atoms with van der Waals surface area (Å²) in [5, 5.41) is 0. The molecule has 1 aromatic rings. The first kappa shape index (κ1) is 13.0. The van der Waals surface area contributed by atoms with Crippen molar-refractivity contribution >= 4 is 0 Å². The first-order valence-corrected chi connectivity index (χ1v) is 6.31. The summed E-state index contributed by atoms with van der Waals surface area (Å²) >= 11 is 0. The Morgan fingerprint density at radius 1 is 1.31 bits per heavy atom. The molecule has 1 atom stereocenters. The third-order valence-corrected chi connectivity index (χ3v) is 3.19.